The van der Waals surface area contributed by atoms with Crippen molar-refractivity contribution < 1.29 is 4.52 Å². The van der Waals surface area contributed by atoms with E-state index >= 15 is 0 Å². The Balaban J connectivity index is 1.43. The summed E-state index contributed by atoms with van der Waals surface area (Å²) in [5, 5.41) is 8.59. The highest BCUT2D eigenvalue weighted by Crippen LogP contribution is 2.28. The van der Waals surface area contributed by atoms with Gasteiger partial charge in [-0.2, -0.15) is 16.7 Å². The standard InChI is InChI=1S/C17H25N5OS/c1-11-15-16(18-12(2)19-17(15)23-21-11)20-13-3-7-22(8-4-13)14-5-9-24-10-6-14/h13-14H,3-10H2,1-2H3,(H,18,19,20). The van der Waals surface area contributed by atoms with Gasteiger partial charge < -0.3 is 14.7 Å². The second-order valence-corrected chi connectivity index (χ2v) is 8.09. The molecule has 0 radical (unpaired) electrons. The fraction of sp³-hybridized carbons (Fsp3) is 0.706. The molecule has 2 aromatic rings. The number of rotatable bonds is 3. The number of piperidine rings is 1. The lowest BCUT2D eigenvalue weighted by atomic mass is 10.0. The Morgan fingerprint density at radius 3 is 2.58 bits per heavy atom. The van der Waals surface area contributed by atoms with Crippen molar-refractivity contribution in [1.29, 1.82) is 0 Å². The first-order chi connectivity index (χ1) is 11.7. The van der Waals surface area contributed by atoms with Gasteiger partial charge in [-0.05, 0) is 51.0 Å². The molecule has 0 spiro atoms. The molecule has 6 nitrogen and oxygen atoms in total. The van der Waals surface area contributed by atoms with Crippen molar-refractivity contribution in [3.63, 3.8) is 0 Å². The van der Waals surface area contributed by atoms with E-state index in [0.29, 0.717) is 11.8 Å². The van der Waals surface area contributed by atoms with Crippen molar-refractivity contribution in [1.82, 2.24) is 20.0 Å². The van der Waals surface area contributed by atoms with Crippen LogP contribution in [0.15, 0.2) is 4.52 Å². The van der Waals surface area contributed by atoms with Crippen LogP contribution in [0.4, 0.5) is 5.82 Å². The van der Waals surface area contributed by atoms with Crippen LogP contribution in [0.5, 0.6) is 0 Å². The van der Waals surface area contributed by atoms with Gasteiger partial charge in [0.1, 0.15) is 17.0 Å². The van der Waals surface area contributed by atoms with Gasteiger partial charge in [-0.15, -0.1) is 0 Å². The zero-order valence-electron chi connectivity index (χ0n) is 14.4. The highest BCUT2D eigenvalue weighted by atomic mass is 32.2. The third-order valence-corrected chi connectivity index (χ3v) is 6.24. The Morgan fingerprint density at radius 2 is 1.83 bits per heavy atom. The number of fused-ring (bicyclic) bond motifs is 1. The number of likely N-dealkylation sites (tertiary alicyclic amines) is 1. The number of nitrogens with zero attached hydrogens (tertiary/aromatic N) is 4. The predicted molar refractivity (Wildman–Crippen MR) is 97.6 cm³/mol. The van der Waals surface area contributed by atoms with Gasteiger partial charge in [-0.3, -0.25) is 0 Å². The summed E-state index contributed by atoms with van der Waals surface area (Å²) >= 11 is 2.10. The summed E-state index contributed by atoms with van der Waals surface area (Å²) in [6.07, 6.45) is 5.04. The minimum atomic E-state index is 0.464. The Morgan fingerprint density at radius 1 is 1.08 bits per heavy atom. The predicted octanol–water partition coefficient (Wildman–Crippen LogP) is 3.01. The van der Waals surface area contributed by atoms with E-state index in [1.807, 2.05) is 13.8 Å². The van der Waals surface area contributed by atoms with Gasteiger partial charge >= 0.3 is 0 Å². The second-order valence-electron chi connectivity index (χ2n) is 6.87. The van der Waals surface area contributed by atoms with Crippen molar-refractivity contribution >= 4 is 28.7 Å². The maximum absolute atomic E-state index is 5.30. The Kier molecular flexibility index (Phi) is 4.63. The van der Waals surface area contributed by atoms with Gasteiger partial charge in [0, 0.05) is 25.2 Å². The average Bonchev–Trinajstić information content (AvgIpc) is 2.97. The molecule has 0 amide bonds. The summed E-state index contributed by atoms with van der Waals surface area (Å²) in [7, 11) is 0. The van der Waals surface area contributed by atoms with E-state index in [9.17, 15) is 0 Å². The topological polar surface area (TPSA) is 67.1 Å². The highest BCUT2D eigenvalue weighted by Gasteiger charge is 2.27. The Bertz CT molecular complexity index is 704. The van der Waals surface area contributed by atoms with Gasteiger partial charge in [0.25, 0.3) is 5.71 Å². The SMILES string of the molecule is Cc1nc(NC2CCN(C3CCSCC3)CC2)c2c(C)noc2n1. The van der Waals surface area contributed by atoms with E-state index in [4.69, 9.17) is 4.52 Å². The first kappa shape index (κ1) is 16.1. The number of thioether (sulfide) groups is 1. The van der Waals surface area contributed by atoms with Crippen LogP contribution in [-0.2, 0) is 0 Å². The summed E-state index contributed by atoms with van der Waals surface area (Å²) < 4.78 is 5.30. The first-order valence-corrected chi connectivity index (χ1v) is 10.0. The zero-order chi connectivity index (χ0) is 16.5. The number of anilines is 1. The fourth-order valence-electron chi connectivity index (χ4n) is 3.85. The van der Waals surface area contributed by atoms with Crippen LogP contribution in [0, 0.1) is 13.8 Å². The van der Waals surface area contributed by atoms with Crippen molar-refractivity contribution in [2.75, 3.05) is 29.9 Å². The van der Waals surface area contributed by atoms with E-state index in [1.165, 1.54) is 50.3 Å². The van der Waals surface area contributed by atoms with E-state index in [0.717, 1.165) is 28.8 Å². The van der Waals surface area contributed by atoms with Gasteiger partial charge in [0.05, 0.1) is 5.69 Å². The fourth-order valence-corrected chi connectivity index (χ4v) is 4.93. The van der Waals surface area contributed by atoms with Crippen LogP contribution in [0.2, 0.25) is 0 Å². The van der Waals surface area contributed by atoms with Crippen molar-refractivity contribution in [2.45, 2.75) is 51.6 Å². The summed E-state index contributed by atoms with van der Waals surface area (Å²) in [5.74, 6) is 4.25. The largest absolute Gasteiger partial charge is 0.366 e. The normalized spacial score (nSPS) is 21.4. The Labute approximate surface area is 146 Å². The minimum absolute atomic E-state index is 0.464. The monoisotopic (exact) mass is 347 g/mol. The molecule has 0 bridgehead atoms. The zero-order valence-corrected chi connectivity index (χ0v) is 15.2. The third kappa shape index (κ3) is 3.24. The summed E-state index contributed by atoms with van der Waals surface area (Å²) in [4.78, 5) is 11.6. The highest BCUT2D eigenvalue weighted by molar-refractivity contribution is 7.99. The van der Waals surface area contributed by atoms with Crippen molar-refractivity contribution in [3.8, 4) is 0 Å². The number of hydrogen-bond acceptors (Lipinski definition) is 7. The average molecular weight is 347 g/mol. The van der Waals surface area contributed by atoms with E-state index in [1.54, 1.807) is 0 Å². The van der Waals surface area contributed by atoms with Gasteiger partial charge in [0.15, 0.2) is 0 Å². The van der Waals surface area contributed by atoms with Gasteiger partial charge in [-0.25, -0.2) is 4.98 Å². The van der Waals surface area contributed by atoms with E-state index in [-0.39, 0.29) is 0 Å². The van der Waals surface area contributed by atoms with Crippen LogP contribution < -0.4 is 5.32 Å². The smallest absolute Gasteiger partial charge is 0.263 e. The quantitative estimate of drug-likeness (QED) is 0.915. The molecule has 7 heteroatoms. The molecule has 2 saturated heterocycles. The van der Waals surface area contributed by atoms with Crippen LogP contribution in [-0.4, -0.2) is 56.7 Å². The third-order valence-electron chi connectivity index (χ3n) is 5.20. The van der Waals surface area contributed by atoms with E-state index < -0.39 is 0 Å². The molecule has 2 fully saturated rings. The molecule has 0 aliphatic carbocycles. The van der Waals surface area contributed by atoms with Crippen molar-refractivity contribution in [2.24, 2.45) is 0 Å². The number of hydrogen-bond donors (Lipinski definition) is 1. The molecule has 0 atom stereocenters. The van der Waals surface area contributed by atoms with Crippen LogP contribution in [0.1, 0.15) is 37.2 Å². The second kappa shape index (κ2) is 6.88. The summed E-state index contributed by atoms with van der Waals surface area (Å²) in [6.45, 7) is 6.21. The Hall–Kier alpha value is -1.34. The molecule has 4 rings (SSSR count). The maximum atomic E-state index is 5.30. The first-order valence-electron chi connectivity index (χ1n) is 8.89. The molecular weight excluding hydrogens is 322 g/mol. The molecule has 0 saturated carbocycles. The van der Waals surface area contributed by atoms with Crippen LogP contribution in [0.3, 0.4) is 0 Å². The molecule has 4 heterocycles. The van der Waals surface area contributed by atoms with Crippen molar-refractivity contribution in [3.05, 3.63) is 11.5 Å². The lowest BCUT2D eigenvalue weighted by molar-refractivity contribution is 0.148. The molecular formula is C17H25N5OS. The molecule has 0 aromatic carbocycles. The number of aromatic nitrogens is 3. The molecule has 130 valence electrons. The number of aryl methyl sites for hydroxylation is 2. The van der Waals surface area contributed by atoms with Gasteiger partial charge in [-0.1, -0.05) is 5.16 Å². The molecule has 2 aliphatic heterocycles. The molecule has 24 heavy (non-hydrogen) atoms. The maximum Gasteiger partial charge on any atom is 0.263 e. The van der Waals surface area contributed by atoms with E-state index in [2.05, 4.69) is 37.1 Å². The summed E-state index contributed by atoms with van der Waals surface area (Å²) in [6, 6.07) is 1.27. The van der Waals surface area contributed by atoms with Crippen LogP contribution in [0.25, 0.3) is 11.1 Å². The molecule has 1 N–H and O–H groups in total. The summed E-state index contributed by atoms with van der Waals surface area (Å²) in [5.41, 5.74) is 1.43. The number of nitrogens with one attached hydrogen (secondary N) is 1. The van der Waals surface area contributed by atoms with Crippen LogP contribution >= 0.6 is 11.8 Å². The van der Waals surface area contributed by atoms with Gasteiger partial charge in [0.2, 0.25) is 0 Å². The molecule has 2 aromatic heterocycles. The molecule has 2 aliphatic rings. The lowest BCUT2D eigenvalue weighted by Crippen LogP contribution is -2.45. The lowest BCUT2D eigenvalue weighted by Gasteiger charge is -2.39. The molecule has 0 unspecified atom stereocenters. The minimum Gasteiger partial charge on any atom is -0.366 e.